The maximum atomic E-state index is 11.9. The molecule has 1 aliphatic rings. The Morgan fingerprint density at radius 1 is 1.45 bits per heavy atom. The zero-order chi connectivity index (χ0) is 14.9. The van der Waals surface area contributed by atoms with Gasteiger partial charge in [0.15, 0.2) is 0 Å². The Morgan fingerprint density at radius 3 is 2.70 bits per heavy atom. The van der Waals surface area contributed by atoms with Gasteiger partial charge in [-0.05, 0) is 34.1 Å². The van der Waals surface area contributed by atoms with Crippen molar-refractivity contribution in [3.05, 3.63) is 28.2 Å². The molecule has 1 N–H and O–H groups in total. The Bertz CT molecular complexity index is 586. The minimum absolute atomic E-state index is 0.0375. The van der Waals surface area contributed by atoms with Gasteiger partial charge in [-0.25, -0.2) is 4.79 Å². The topological polar surface area (TPSA) is 83.9 Å². The highest BCUT2D eigenvalue weighted by molar-refractivity contribution is 9.10. The van der Waals surface area contributed by atoms with Gasteiger partial charge in [-0.2, -0.15) is 0 Å². The number of carbonyl (C=O) groups excluding carboxylic acids is 2. The molecule has 0 bridgehead atoms. The number of anilines is 1. The van der Waals surface area contributed by atoms with E-state index >= 15 is 0 Å². The predicted octanol–water partition coefficient (Wildman–Crippen LogP) is 1.67. The molecule has 7 heteroatoms. The van der Waals surface area contributed by atoms with Crippen molar-refractivity contribution >= 4 is 39.5 Å². The van der Waals surface area contributed by atoms with Crippen LogP contribution in [-0.2, 0) is 14.3 Å². The van der Waals surface area contributed by atoms with Crippen molar-refractivity contribution < 1.29 is 24.2 Å². The monoisotopic (exact) mass is 341 g/mol. The summed E-state index contributed by atoms with van der Waals surface area (Å²) in [6, 6.07) is 4.70. The first-order chi connectivity index (χ1) is 9.43. The number of rotatable bonds is 3. The fourth-order valence-electron chi connectivity index (χ4n) is 2.07. The second-order valence-corrected chi connectivity index (χ2v) is 5.26. The second-order valence-electron chi connectivity index (χ2n) is 4.40. The van der Waals surface area contributed by atoms with Crippen molar-refractivity contribution in [3.63, 3.8) is 0 Å². The number of amides is 1. The first kappa shape index (κ1) is 14.5. The Labute approximate surface area is 123 Å². The number of carboxylic acids is 1. The number of hydrogen-bond acceptors (Lipinski definition) is 4. The number of carboxylic acid groups (broad SMARTS) is 1. The molecule has 20 heavy (non-hydrogen) atoms. The van der Waals surface area contributed by atoms with E-state index in [0.29, 0.717) is 15.7 Å². The summed E-state index contributed by atoms with van der Waals surface area (Å²) in [4.78, 5) is 35.8. The van der Waals surface area contributed by atoms with Gasteiger partial charge in [-0.15, -0.1) is 0 Å². The Morgan fingerprint density at radius 2 is 2.15 bits per heavy atom. The van der Waals surface area contributed by atoms with E-state index in [1.54, 1.807) is 12.1 Å². The Kier molecular flexibility index (Phi) is 4.08. The maximum absolute atomic E-state index is 11.9. The lowest BCUT2D eigenvalue weighted by Crippen LogP contribution is -2.26. The first-order valence-electron chi connectivity index (χ1n) is 5.85. The molecule has 1 aromatic rings. The Balaban J connectivity index is 2.35. The smallest absolute Gasteiger partial charge is 0.337 e. The van der Waals surface area contributed by atoms with Crippen LogP contribution in [0.15, 0.2) is 22.7 Å². The normalized spacial score (nSPS) is 18.2. The van der Waals surface area contributed by atoms with Gasteiger partial charge in [0.25, 0.3) is 0 Å². The van der Waals surface area contributed by atoms with Crippen LogP contribution in [0.4, 0.5) is 5.69 Å². The summed E-state index contributed by atoms with van der Waals surface area (Å²) in [7, 11) is 1.27. The maximum Gasteiger partial charge on any atom is 0.337 e. The molecule has 6 nitrogen and oxygen atoms in total. The van der Waals surface area contributed by atoms with Crippen LogP contribution in [0.3, 0.4) is 0 Å². The summed E-state index contributed by atoms with van der Waals surface area (Å²) in [6.07, 6.45) is -0.0375. The van der Waals surface area contributed by atoms with Crippen molar-refractivity contribution in [1.82, 2.24) is 0 Å². The van der Waals surface area contributed by atoms with Crippen LogP contribution >= 0.6 is 15.9 Å². The van der Waals surface area contributed by atoms with Crippen LogP contribution in [0.1, 0.15) is 16.8 Å². The molecule has 1 saturated heterocycles. The van der Waals surface area contributed by atoms with E-state index in [9.17, 15) is 14.4 Å². The molecular formula is C13H12BrNO5. The minimum atomic E-state index is -0.999. The number of nitrogens with zero attached hydrogens (tertiary/aromatic N) is 1. The lowest BCUT2D eigenvalue weighted by atomic mass is 10.1. The van der Waals surface area contributed by atoms with Crippen molar-refractivity contribution in [2.24, 2.45) is 5.92 Å². The van der Waals surface area contributed by atoms with E-state index in [4.69, 9.17) is 5.11 Å². The number of esters is 1. The fraction of sp³-hybridized carbons (Fsp3) is 0.308. The Hall–Kier alpha value is -1.89. The van der Waals surface area contributed by atoms with Gasteiger partial charge < -0.3 is 14.7 Å². The molecule has 106 valence electrons. The van der Waals surface area contributed by atoms with Gasteiger partial charge in [0, 0.05) is 17.4 Å². The van der Waals surface area contributed by atoms with E-state index in [1.807, 2.05) is 0 Å². The van der Waals surface area contributed by atoms with Gasteiger partial charge >= 0.3 is 11.9 Å². The molecular weight excluding hydrogens is 330 g/mol. The molecule has 1 atom stereocenters. The molecule has 0 aromatic heterocycles. The summed E-state index contributed by atoms with van der Waals surface area (Å²) in [5, 5.41) is 8.98. The summed E-state index contributed by atoms with van der Waals surface area (Å²) in [5.74, 6) is -2.52. The number of carbonyl (C=O) groups is 3. The first-order valence-corrected chi connectivity index (χ1v) is 6.64. The molecule has 0 radical (unpaired) electrons. The van der Waals surface area contributed by atoms with Gasteiger partial charge in [0.05, 0.1) is 24.3 Å². The summed E-state index contributed by atoms with van der Waals surface area (Å²) in [6.45, 7) is 0.0946. The molecule has 1 aliphatic heterocycles. The lowest BCUT2D eigenvalue weighted by molar-refractivity contribution is -0.141. The van der Waals surface area contributed by atoms with E-state index in [-0.39, 0.29) is 18.9 Å². The average molecular weight is 342 g/mol. The number of hydrogen-bond donors (Lipinski definition) is 1. The molecule has 0 aliphatic carbocycles. The average Bonchev–Trinajstić information content (AvgIpc) is 2.80. The molecule has 1 fully saturated rings. The minimum Gasteiger partial charge on any atom is -0.481 e. The SMILES string of the molecule is COC(=O)c1ccc(Br)c(N2CC(C(=O)O)CC2=O)c1. The van der Waals surface area contributed by atoms with E-state index in [0.717, 1.165) is 0 Å². The third-order valence-corrected chi connectivity index (χ3v) is 3.80. The van der Waals surface area contributed by atoms with E-state index < -0.39 is 17.9 Å². The second kappa shape index (κ2) is 5.62. The standard InChI is InChI=1S/C13H12BrNO5/c1-20-13(19)7-2-3-9(14)10(4-7)15-6-8(12(17)18)5-11(15)16/h2-4,8H,5-6H2,1H3,(H,17,18). The lowest BCUT2D eigenvalue weighted by Gasteiger charge is -2.18. The number of halogens is 1. The zero-order valence-corrected chi connectivity index (χ0v) is 12.2. The number of benzene rings is 1. The van der Waals surface area contributed by atoms with Gasteiger partial charge in [-0.1, -0.05) is 0 Å². The van der Waals surface area contributed by atoms with E-state index in [2.05, 4.69) is 20.7 Å². The third kappa shape index (κ3) is 2.67. The summed E-state index contributed by atoms with van der Waals surface area (Å²) < 4.78 is 5.24. The highest BCUT2D eigenvalue weighted by Crippen LogP contribution is 2.32. The molecule has 1 amide bonds. The molecule has 1 aromatic carbocycles. The highest BCUT2D eigenvalue weighted by atomic mass is 79.9. The van der Waals surface area contributed by atoms with Gasteiger partial charge in [-0.3, -0.25) is 9.59 Å². The number of methoxy groups -OCH3 is 1. The van der Waals surface area contributed by atoms with Crippen molar-refractivity contribution in [2.45, 2.75) is 6.42 Å². The molecule has 1 unspecified atom stereocenters. The molecule has 1 heterocycles. The van der Waals surface area contributed by atoms with Crippen LogP contribution in [-0.4, -0.2) is 36.6 Å². The third-order valence-electron chi connectivity index (χ3n) is 3.13. The highest BCUT2D eigenvalue weighted by Gasteiger charge is 2.36. The van der Waals surface area contributed by atoms with Crippen LogP contribution in [0, 0.1) is 5.92 Å². The van der Waals surface area contributed by atoms with Crippen LogP contribution in [0.2, 0.25) is 0 Å². The number of aliphatic carboxylic acids is 1. The summed E-state index contributed by atoms with van der Waals surface area (Å²) >= 11 is 3.30. The largest absolute Gasteiger partial charge is 0.481 e. The fourth-order valence-corrected chi connectivity index (χ4v) is 2.53. The predicted molar refractivity (Wildman–Crippen MR) is 73.6 cm³/mol. The molecule has 0 spiro atoms. The zero-order valence-electron chi connectivity index (χ0n) is 10.6. The van der Waals surface area contributed by atoms with Gasteiger partial charge in [0.1, 0.15) is 0 Å². The van der Waals surface area contributed by atoms with Crippen molar-refractivity contribution in [3.8, 4) is 0 Å². The van der Waals surface area contributed by atoms with Crippen LogP contribution in [0.25, 0.3) is 0 Å². The van der Waals surface area contributed by atoms with Crippen molar-refractivity contribution in [2.75, 3.05) is 18.6 Å². The van der Waals surface area contributed by atoms with Crippen molar-refractivity contribution in [1.29, 1.82) is 0 Å². The molecule has 2 rings (SSSR count). The number of ether oxygens (including phenoxy) is 1. The summed E-state index contributed by atoms with van der Waals surface area (Å²) in [5.41, 5.74) is 0.777. The van der Waals surface area contributed by atoms with E-state index in [1.165, 1.54) is 18.1 Å². The quantitative estimate of drug-likeness (QED) is 0.845. The molecule has 0 saturated carbocycles. The van der Waals surface area contributed by atoms with Crippen LogP contribution in [0.5, 0.6) is 0 Å². The van der Waals surface area contributed by atoms with Gasteiger partial charge in [0.2, 0.25) is 5.91 Å². The van der Waals surface area contributed by atoms with Crippen LogP contribution < -0.4 is 4.90 Å².